The molecule has 0 saturated carbocycles. The number of rotatable bonds is 12. The van der Waals surface area contributed by atoms with Gasteiger partial charge < -0.3 is 19.7 Å². The van der Waals surface area contributed by atoms with Gasteiger partial charge in [0.2, 0.25) is 5.95 Å². The lowest BCUT2D eigenvalue weighted by Gasteiger charge is -2.23. The topological polar surface area (TPSA) is 76.6 Å². The Balaban J connectivity index is 0.00000274. The minimum absolute atomic E-state index is 0.111. The zero-order valence-electron chi connectivity index (χ0n) is 22.9. The molecule has 7 heteroatoms. The van der Waals surface area contributed by atoms with Gasteiger partial charge in [-0.25, -0.2) is 9.97 Å². The number of amides is 1. The van der Waals surface area contributed by atoms with E-state index in [-0.39, 0.29) is 5.91 Å². The number of carbonyl (C=O) groups is 1. The van der Waals surface area contributed by atoms with Crippen molar-refractivity contribution >= 4 is 17.9 Å². The maximum Gasteiger partial charge on any atom is 0.261 e. The number of aromatic nitrogens is 2. The molecule has 7 nitrogen and oxygen atoms in total. The molecule has 0 aliphatic heterocycles. The molecule has 0 unspecified atom stereocenters. The second-order valence-electron chi connectivity index (χ2n) is 6.75. The zero-order chi connectivity index (χ0) is 26.6. The zero-order valence-corrected chi connectivity index (χ0v) is 22.9. The van der Waals surface area contributed by atoms with Crippen molar-refractivity contribution < 1.29 is 14.3 Å². The molecule has 1 heterocycles. The van der Waals surface area contributed by atoms with Gasteiger partial charge in [-0.2, -0.15) is 0 Å². The second kappa shape index (κ2) is 19.0. The molecule has 35 heavy (non-hydrogen) atoms. The van der Waals surface area contributed by atoms with Crippen LogP contribution in [0, 0.1) is 0 Å². The summed E-state index contributed by atoms with van der Waals surface area (Å²) in [5.74, 6) is 1.49. The minimum Gasteiger partial charge on any atom is -0.496 e. The van der Waals surface area contributed by atoms with Crippen LogP contribution in [0.2, 0.25) is 0 Å². The summed E-state index contributed by atoms with van der Waals surface area (Å²) in [5, 5.41) is 3.25. The van der Waals surface area contributed by atoms with E-state index in [2.05, 4.69) is 28.8 Å². The molecule has 194 valence electrons. The fourth-order valence-electron chi connectivity index (χ4n) is 3.20. The first-order valence-electron chi connectivity index (χ1n) is 12.5. The summed E-state index contributed by atoms with van der Waals surface area (Å²) in [7, 11) is 3.10. The highest BCUT2D eigenvalue weighted by Crippen LogP contribution is 2.29. The maximum atomic E-state index is 13.1. The van der Waals surface area contributed by atoms with Crippen LogP contribution in [0.15, 0.2) is 43.1 Å². The number of nitrogens with one attached hydrogen (secondary N) is 1. The summed E-state index contributed by atoms with van der Waals surface area (Å²) in [6.45, 7) is 17.5. The summed E-state index contributed by atoms with van der Waals surface area (Å²) < 4.78 is 10.8. The highest BCUT2D eigenvalue weighted by Gasteiger charge is 2.22. The van der Waals surface area contributed by atoms with Gasteiger partial charge in [0.25, 0.3) is 5.91 Å². The summed E-state index contributed by atoms with van der Waals surface area (Å²) in [6, 6.07) is 5.33. The number of ether oxygens (including phenoxy) is 2. The molecule has 0 bridgehead atoms. The van der Waals surface area contributed by atoms with E-state index in [1.54, 1.807) is 43.4 Å². The van der Waals surface area contributed by atoms with Crippen LogP contribution < -0.4 is 14.8 Å². The standard InChI is InChI=1S/C24H32N4O3.2C2H6/c1-6-9-12-18-17-26-24(27-19(18)7-2)25-15-11-16-28(8-3)23(29)22-20(30-4)13-10-14-21(22)31-5;2*1-2/h6,9-10,12-14,17H,1,7-8,11,15-16H2,2-5H3,(H,25,26,27);2*1-2H3/b12-9-;;. The van der Waals surface area contributed by atoms with Crippen molar-refractivity contribution in [3.8, 4) is 11.5 Å². The van der Waals surface area contributed by atoms with E-state index >= 15 is 0 Å². The fourth-order valence-corrected chi connectivity index (χ4v) is 3.20. The van der Waals surface area contributed by atoms with Crippen LogP contribution in [-0.4, -0.2) is 54.6 Å². The first kappa shape index (κ1) is 31.6. The third-order valence-corrected chi connectivity index (χ3v) is 4.85. The molecule has 0 fully saturated rings. The monoisotopic (exact) mass is 484 g/mol. The number of anilines is 1. The number of hydrogen-bond acceptors (Lipinski definition) is 6. The molecule has 1 aromatic carbocycles. The average Bonchev–Trinajstić information content (AvgIpc) is 2.93. The Labute approximate surface area is 212 Å². The molecule has 0 spiro atoms. The summed E-state index contributed by atoms with van der Waals surface area (Å²) in [5.41, 5.74) is 2.41. The molecule has 1 amide bonds. The third kappa shape index (κ3) is 9.81. The fraction of sp³-hybridized carbons (Fsp3) is 0.464. The molecule has 2 aromatic rings. The second-order valence-corrected chi connectivity index (χ2v) is 6.75. The van der Waals surface area contributed by atoms with Gasteiger partial charge in [0.15, 0.2) is 0 Å². The molecular weight excluding hydrogens is 440 g/mol. The van der Waals surface area contributed by atoms with Gasteiger partial charge in [-0.15, -0.1) is 0 Å². The molecule has 2 rings (SSSR count). The Morgan fingerprint density at radius 3 is 2.26 bits per heavy atom. The van der Waals surface area contributed by atoms with E-state index in [0.717, 1.165) is 24.1 Å². The quantitative estimate of drug-likeness (QED) is 0.282. The SMILES string of the molecule is C=C/C=C\c1cnc(NCCCN(CC)C(=O)c2c(OC)cccc2OC)nc1CC.CC.CC. The molecular formula is C28H44N4O3. The molecule has 1 N–H and O–H groups in total. The molecule has 1 aromatic heterocycles. The van der Waals surface area contributed by atoms with E-state index in [0.29, 0.717) is 42.6 Å². The van der Waals surface area contributed by atoms with Gasteiger partial charge in [-0.1, -0.05) is 65.5 Å². The number of nitrogens with zero attached hydrogens (tertiary/aromatic N) is 3. The number of benzene rings is 1. The molecule has 0 radical (unpaired) electrons. The van der Waals surface area contributed by atoms with Crippen molar-refractivity contribution in [2.45, 2.75) is 54.4 Å². The largest absolute Gasteiger partial charge is 0.496 e. The Bertz CT molecular complexity index is 891. The van der Waals surface area contributed by atoms with Crippen LogP contribution in [0.3, 0.4) is 0 Å². The lowest BCUT2D eigenvalue weighted by molar-refractivity contribution is 0.0757. The van der Waals surface area contributed by atoms with Gasteiger partial charge >= 0.3 is 0 Å². The van der Waals surface area contributed by atoms with Gasteiger partial charge in [-0.3, -0.25) is 4.79 Å². The minimum atomic E-state index is -0.111. The Kier molecular flexibility index (Phi) is 17.2. The van der Waals surface area contributed by atoms with Crippen LogP contribution in [-0.2, 0) is 6.42 Å². The van der Waals surface area contributed by atoms with Crippen LogP contribution in [0.4, 0.5) is 5.95 Å². The lowest BCUT2D eigenvalue weighted by Crippen LogP contribution is -2.33. The number of methoxy groups -OCH3 is 2. The number of hydrogen-bond donors (Lipinski definition) is 1. The highest BCUT2D eigenvalue weighted by atomic mass is 16.5. The summed E-state index contributed by atoms with van der Waals surface area (Å²) in [6.07, 6.45) is 8.92. The van der Waals surface area contributed by atoms with E-state index in [4.69, 9.17) is 9.47 Å². The predicted molar refractivity (Wildman–Crippen MR) is 148 cm³/mol. The third-order valence-electron chi connectivity index (χ3n) is 4.85. The smallest absolute Gasteiger partial charge is 0.261 e. The van der Waals surface area contributed by atoms with Crippen LogP contribution in [0.5, 0.6) is 11.5 Å². The lowest BCUT2D eigenvalue weighted by atomic mass is 10.1. The first-order valence-corrected chi connectivity index (χ1v) is 12.5. The Hall–Kier alpha value is -3.35. The van der Waals surface area contributed by atoms with Crippen LogP contribution in [0.1, 0.15) is 69.6 Å². The average molecular weight is 485 g/mol. The highest BCUT2D eigenvalue weighted by molar-refractivity contribution is 5.99. The molecule has 0 aliphatic carbocycles. The summed E-state index contributed by atoms with van der Waals surface area (Å²) >= 11 is 0. The van der Waals surface area contributed by atoms with Crippen molar-refractivity contribution in [1.29, 1.82) is 0 Å². The first-order chi connectivity index (χ1) is 17.1. The number of allylic oxidation sites excluding steroid dienone is 2. The molecule has 0 aliphatic rings. The molecule has 0 saturated heterocycles. The summed E-state index contributed by atoms with van der Waals surface area (Å²) in [4.78, 5) is 23.9. The van der Waals surface area contributed by atoms with Crippen LogP contribution >= 0.6 is 0 Å². The number of aryl methyl sites for hydroxylation is 1. The van der Waals surface area contributed by atoms with E-state index in [9.17, 15) is 4.79 Å². The van der Waals surface area contributed by atoms with E-state index in [1.807, 2.05) is 53.0 Å². The number of carbonyl (C=O) groups excluding carboxylic acids is 1. The van der Waals surface area contributed by atoms with Crippen molar-refractivity contribution in [3.63, 3.8) is 0 Å². The normalized spacial score (nSPS) is 9.83. The van der Waals surface area contributed by atoms with Crippen LogP contribution in [0.25, 0.3) is 6.08 Å². The van der Waals surface area contributed by atoms with Crippen molar-refractivity contribution in [2.75, 3.05) is 39.2 Å². The Morgan fingerprint density at radius 2 is 1.74 bits per heavy atom. The Morgan fingerprint density at radius 1 is 1.11 bits per heavy atom. The van der Waals surface area contributed by atoms with E-state index < -0.39 is 0 Å². The van der Waals surface area contributed by atoms with Gasteiger partial charge in [0, 0.05) is 31.4 Å². The van der Waals surface area contributed by atoms with Crippen molar-refractivity contribution in [3.05, 3.63) is 59.9 Å². The van der Waals surface area contributed by atoms with Crippen molar-refractivity contribution in [2.24, 2.45) is 0 Å². The molecule has 0 atom stereocenters. The van der Waals surface area contributed by atoms with E-state index in [1.165, 1.54) is 0 Å². The van der Waals surface area contributed by atoms with Gasteiger partial charge in [0.1, 0.15) is 17.1 Å². The van der Waals surface area contributed by atoms with Gasteiger partial charge in [-0.05, 0) is 31.9 Å². The van der Waals surface area contributed by atoms with Gasteiger partial charge in [0.05, 0.1) is 19.9 Å². The predicted octanol–water partition coefficient (Wildman–Crippen LogP) is 6.27. The maximum absolute atomic E-state index is 13.1. The van der Waals surface area contributed by atoms with Crippen molar-refractivity contribution in [1.82, 2.24) is 14.9 Å².